The molecule has 1 N–H and O–H groups in total. The van der Waals surface area contributed by atoms with Crippen LogP contribution in [0.1, 0.15) is 26.7 Å². The van der Waals surface area contributed by atoms with Crippen LogP contribution in [0, 0.1) is 0 Å². The molecule has 0 bridgehead atoms. The monoisotopic (exact) mass is 274 g/mol. The number of ether oxygens (including phenoxy) is 2. The highest BCUT2D eigenvalue weighted by Crippen LogP contribution is 2.34. The first-order valence-corrected chi connectivity index (χ1v) is 6.73. The lowest BCUT2D eigenvalue weighted by atomic mass is 9.97. The minimum absolute atomic E-state index is 0.240. The van der Waals surface area contributed by atoms with Gasteiger partial charge in [-0.3, -0.25) is 0 Å². The zero-order valence-corrected chi connectivity index (χ0v) is 11.5. The highest BCUT2D eigenvalue weighted by atomic mass is 16.7. The van der Waals surface area contributed by atoms with Crippen molar-refractivity contribution in [2.75, 3.05) is 6.79 Å². The van der Waals surface area contributed by atoms with Gasteiger partial charge >= 0.3 is 0 Å². The Morgan fingerprint density at radius 3 is 2.80 bits per heavy atom. The molecule has 2 heterocycles. The van der Waals surface area contributed by atoms with Crippen LogP contribution < -0.4 is 9.47 Å². The van der Waals surface area contributed by atoms with Crippen molar-refractivity contribution in [1.29, 1.82) is 0 Å². The van der Waals surface area contributed by atoms with Gasteiger partial charge in [0.15, 0.2) is 11.5 Å². The van der Waals surface area contributed by atoms with E-state index < -0.39 is 5.72 Å². The van der Waals surface area contributed by atoms with E-state index in [1.807, 2.05) is 42.7 Å². The molecule has 3 rings (SSSR count). The molecule has 2 aromatic rings. The number of fused-ring (bicyclic) bond motifs is 1. The first kappa shape index (κ1) is 11.9. The summed E-state index contributed by atoms with van der Waals surface area (Å²) in [5.41, 5.74) is -0.158. The van der Waals surface area contributed by atoms with E-state index in [4.69, 9.17) is 10.8 Å². The van der Waals surface area contributed by atoms with E-state index in [0.29, 0.717) is 18.6 Å². The van der Waals surface area contributed by atoms with E-state index in [9.17, 15) is 5.11 Å². The van der Waals surface area contributed by atoms with Crippen LogP contribution in [0.25, 0.3) is 0 Å². The van der Waals surface area contributed by atoms with Crippen molar-refractivity contribution in [1.82, 2.24) is 4.57 Å². The van der Waals surface area contributed by atoms with Gasteiger partial charge in [0.2, 0.25) is 6.79 Å². The highest BCUT2D eigenvalue weighted by molar-refractivity contribution is 5.44. The summed E-state index contributed by atoms with van der Waals surface area (Å²) in [5, 5.41) is 11.0. The van der Waals surface area contributed by atoms with E-state index in [1.165, 1.54) is 0 Å². The van der Waals surface area contributed by atoms with Crippen molar-refractivity contribution >= 4 is 0 Å². The average Bonchev–Trinajstić information content (AvgIpc) is 3.08. The van der Waals surface area contributed by atoms with Gasteiger partial charge in [0.25, 0.3) is 0 Å². The summed E-state index contributed by atoms with van der Waals surface area (Å²) in [6, 6.07) is 9.43. The summed E-state index contributed by atoms with van der Waals surface area (Å²) < 4.78 is 20.3. The molecule has 4 nitrogen and oxygen atoms in total. The third-order valence-electron chi connectivity index (χ3n) is 3.54. The van der Waals surface area contributed by atoms with Gasteiger partial charge in [-0.2, -0.15) is 0 Å². The standard InChI is InChI=1S/C16H19NO3/c1-2-7-16(18,17-8-3-4-9-17)11-13-5-6-14-15(10-13)20-12-19-14/h3-6,8-10,18H,2,7,11-12H2,1H3/i2D. The third-order valence-corrected chi connectivity index (χ3v) is 3.54. The van der Waals surface area contributed by atoms with Gasteiger partial charge in [-0.1, -0.05) is 19.4 Å². The second-order valence-corrected chi connectivity index (χ2v) is 5.05. The minimum atomic E-state index is -1.11. The molecule has 0 amide bonds. The number of nitrogens with zero attached hydrogens (tertiary/aromatic N) is 1. The van der Waals surface area contributed by atoms with Crippen LogP contribution in [0.2, 0.25) is 0 Å². The Morgan fingerprint density at radius 1 is 1.30 bits per heavy atom. The molecule has 2 atom stereocenters. The molecule has 4 heteroatoms. The lowest BCUT2D eigenvalue weighted by Gasteiger charge is -2.30. The summed E-state index contributed by atoms with van der Waals surface area (Å²) in [6.07, 6.45) is 4.08. The normalized spacial score (nSPS) is 18.4. The third kappa shape index (κ3) is 2.39. The molecule has 1 aromatic carbocycles. The fourth-order valence-corrected chi connectivity index (χ4v) is 2.59. The predicted molar refractivity (Wildman–Crippen MR) is 75.8 cm³/mol. The van der Waals surface area contributed by atoms with Crippen molar-refractivity contribution in [3.63, 3.8) is 0 Å². The first-order valence-electron chi connectivity index (χ1n) is 7.31. The number of rotatable bonds is 5. The van der Waals surface area contributed by atoms with E-state index in [-0.39, 0.29) is 13.2 Å². The number of hydrogen-bond donors (Lipinski definition) is 1. The van der Waals surface area contributed by atoms with Crippen molar-refractivity contribution in [2.45, 2.75) is 31.9 Å². The minimum Gasteiger partial charge on any atom is -0.454 e. The second kappa shape index (κ2) is 5.21. The number of aliphatic hydroxyl groups is 1. The summed E-state index contributed by atoms with van der Waals surface area (Å²) in [5.74, 6) is 1.44. The van der Waals surface area contributed by atoms with E-state index in [0.717, 1.165) is 11.3 Å². The Labute approximate surface area is 120 Å². The maximum absolute atomic E-state index is 11.0. The molecule has 0 aliphatic carbocycles. The van der Waals surface area contributed by atoms with Crippen molar-refractivity contribution in [3.05, 3.63) is 48.3 Å². The Balaban J connectivity index is 1.88. The van der Waals surface area contributed by atoms with Crippen LogP contribution in [0.4, 0.5) is 0 Å². The SMILES string of the molecule is [2H]C(C)CC(O)(Cc1ccc2c(c1)OCO2)n1cccc1. The molecule has 2 unspecified atom stereocenters. The van der Waals surface area contributed by atoms with Gasteiger partial charge < -0.3 is 19.1 Å². The van der Waals surface area contributed by atoms with Crippen molar-refractivity contribution < 1.29 is 16.0 Å². The van der Waals surface area contributed by atoms with Crippen molar-refractivity contribution in [3.8, 4) is 11.5 Å². The molecule has 0 spiro atoms. The molecule has 106 valence electrons. The Kier molecular flexibility index (Phi) is 3.09. The van der Waals surface area contributed by atoms with Crippen LogP contribution in [-0.4, -0.2) is 16.5 Å². The lowest BCUT2D eigenvalue weighted by molar-refractivity contribution is -0.0457. The molecule has 0 radical (unpaired) electrons. The van der Waals surface area contributed by atoms with Gasteiger partial charge in [0.1, 0.15) is 5.72 Å². The highest BCUT2D eigenvalue weighted by Gasteiger charge is 2.28. The topological polar surface area (TPSA) is 43.6 Å². The molecule has 0 fully saturated rings. The molecule has 1 aromatic heterocycles. The number of benzene rings is 1. The van der Waals surface area contributed by atoms with E-state index >= 15 is 0 Å². The molecule has 0 saturated carbocycles. The summed E-state index contributed by atoms with van der Waals surface area (Å²) >= 11 is 0. The zero-order valence-electron chi connectivity index (χ0n) is 12.5. The number of aromatic nitrogens is 1. The Morgan fingerprint density at radius 2 is 2.05 bits per heavy atom. The second-order valence-electron chi connectivity index (χ2n) is 5.05. The van der Waals surface area contributed by atoms with Crippen LogP contribution in [0.15, 0.2) is 42.7 Å². The van der Waals surface area contributed by atoms with Gasteiger partial charge in [-0.15, -0.1) is 0 Å². The lowest BCUT2D eigenvalue weighted by Crippen LogP contribution is -2.34. The zero-order chi connectivity index (χ0) is 14.9. The van der Waals surface area contributed by atoms with Crippen LogP contribution >= 0.6 is 0 Å². The molecule has 1 aliphatic rings. The number of hydrogen-bond acceptors (Lipinski definition) is 3. The van der Waals surface area contributed by atoms with Gasteiger partial charge in [0, 0.05) is 20.2 Å². The van der Waals surface area contributed by atoms with Crippen LogP contribution in [0.3, 0.4) is 0 Å². The summed E-state index contributed by atoms with van der Waals surface area (Å²) in [7, 11) is 0. The van der Waals surface area contributed by atoms with Crippen LogP contribution in [-0.2, 0) is 12.1 Å². The molecular formula is C16H19NO3. The van der Waals surface area contributed by atoms with Gasteiger partial charge in [-0.05, 0) is 36.2 Å². The van der Waals surface area contributed by atoms with Crippen molar-refractivity contribution in [2.24, 2.45) is 0 Å². The Bertz CT molecular complexity index is 612. The molecular weight excluding hydrogens is 254 g/mol. The average molecular weight is 274 g/mol. The van der Waals surface area contributed by atoms with Gasteiger partial charge in [-0.25, -0.2) is 0 Å². The molecule has 0 saturated heterocycles. The van der Waals surface area contributed by atoms with E-state index in [2.05, 4.69) is 0 Å². The quantitative estimate of drug-likeness (QED) is 0.911. The summed E-state index contributed by atoms with van der Waals surface area (Å²) in [4.78, 5) is 0. The Hall–Kier alpha value is -1.94. The summed E-state index contributed by atoms with van der Waals surface area (Å²) in [6.45, 7) is 2.03. The largest absolute Gasteiger partial charge is 0.454 e. The van der Waals surface area contributed by atoms with E-state index in [1.54, 1.807) is 11.5 Å². The first-order chi connectivity index (χ1) is 10.1. The molecule has 20 heavy (non-hydrogen) atoms. The smallest absolute Gasteiger partial charge is 0.231 e. The maximum atomic E-state index is 11.0. The van der Waals surface area contributed by atoms with Gasteiger partial charge in [0.05, 0.1) is 0 Å². The fraction of sp³-hybridized carbons (Fsp3) is 0.375. The maximum Gasteiger partial charge on any atom is 0.231 e. The van der Waals surface area contributed by atoms with Crippen LogP contribution in [0.5, 0.6) is 11.5 Å². The predicted octanol–water partition coefficient (Wildman–Crippen LogP) is 2.90. The molecule has 1 aliphatic heterocycles. The fourth-order valence-electron chi connectivity index (χ4n) is 2.59.